The lowest BCUT2D eigenvalue weighted by molar-refractivity contribution is 0.471. The van der Waals surface area contributed by atoms with Crippen LogP contribution in [0.2, 0.25) is 0 Å². The summed E-state index contributed by atoms with van der Waals surface area (Å²) < 4.78 is 30.9. The van der Waals surface area contributed by atoms with Crippen LogP contribution in [0.4, 0.5) is 11.8 Å². The van der Waals surface area contributed by atoms with E-state index in [2.05, 4.69) is 57.8 Å². The lowest BCUT2D eigenvalue weighted by Crippen LogP contribution is -2.26. The Morgan fingerprint density at radius 2 is 2.12 bits per heavy atom. The zero-order valence-electron chi connectivity index (χ0n) is 14.6. The average Bonchev–Trinajstić information content (AvgIpc) is 2.89. The maximum absolute atomic E-state index is 11.9. The highest BCUT2D eigenvalue weighted by atomic mass is 127. The second kappa shape index (κ2) is 7.55. The summed E-state index contributed by atoms with van der Waals surface area (Å²) in [6.07, 6.45) is 2.65. The van der Waals surface area contributed by atoms with Crippen LogP contribution in [0.15, 0.2) is 24.4 Å². The van der Waals surface area contributed by atoms with Crippen LogP contribution in [0, 0.1) is 3.57 Å². The van der Waals surface area contributed by atoms with Crippen molar-refractivity contribution in [2.24, 2.45) is 0 Å². The molecule has 1 atom stereocenters. The number of hydrogen-bond donors (Lipinski definition) is 2. The standard InChI is InChI=1S/C17H21IN4O3S/c1-10(2)12-8-11(18)5-6-13(12)25-14-9-20-17(22-16(14)19)21-15-4-3-7-26(15,23)24/h5-6,8-10,15H,3-4,7H2,1-2H3,(H3,19,20,21,22). The largest absolute Gasteiger partial charge is 0.452 e. The fourth-order valence-corrected chi connectivity index (χ4v) is 4.99. The molecule has 1 unspecified atom stereocenters. The Hall–Kier alpha value is -1.62. The van der Waals surface area contributed by atoms with Gasteiger partial charge in [-0.1, -0.05) is 13.8 Å². The van der Waals surface area contributed by atoms with E-state index in [0.717, 1.165) is 9.13 Å². The molecule has 1 aliphatic heterocycles. The van der Waals surface area contributed by atoms with E-state index < -0.39 is 15.2 Å². The normalized spacial score (nSPS) is 18.8. The summed E-state index contributed by atoms with van der Waals surface area (Å²) >= 11 is 2.26. The Balaban J connectivity index is 1.81. The molecule has 2 heterocycles. The number of anilines is 2. The van der Waals surface area contributed by atoms with E-state index in [-0.39, 0.29) is 23.4 Å². The first-order valence-corrected chi connectivity index (χ1v) is 11.1. The summed E-state index contributed by atoms with van der Waals surface area (Å²) in [5, 5.41) is 2.20. The van der Waals surface area contributed by atoms with Crippen molar-refractivity contribution in [3.63, 3.8) is 0 Å². The summed E-state index contributed by atoms with van der Waals surface area (Å²) in [4.78, 5) is 8.32. The minimum Gasteiger partial charge on any atom is -0.452 e. The van der Waals surface area contributed by atoms with Gasteiger partial charge >= 0.3 is 0 Å². The minimum absolute atomic E-state index is 0.158. The van der Waals surface area contributed by atoms with Crippen molar-refractivity contribution in [2.45, 2.75) is 38.0 Å². The lowest BCUT2D eigenvalue weighted by Gasteiger charge is -2.16. The first-order chi connectivity index (χ1) is 12.3. The molecule has 26 heavy (non-hydrogen) atoms. The molecule has 1 saturated heterocycles. The minimum atomic E-state index is -3.14. The molecule has 1 aliphatic rings. The van der Waals surface area contributed by atoms with Crippen molar-refractivity contribution < 1.29 is 13.2 Å². The Morgan fingerprint density at radius 1 is 1.35 bits per heavy atom. The quantitative estimate of drug-likeness (QED) is 0.621. The Morgan fingerprint density at radius 3 is 2.73 bits per heavy atom. The molecular formula is C17H21IN4O3S. The van der Waals surface area contributed by atoms with Crippen molar-refractivity contribution in [3.05, 3.63) is 33.5 Å². The van der Waals surface area contributed by atoms with Crippen LogP contribution in [-0.2, 0) is 9.84 Å². The molecule has 1 fully saturated rings. The second-order valence-corrected chi connectivity index (χ2v) is 10.1. The van der Waals surface area contributed by atoms with Gasteiger partial charge in [0.2, 0.25) is 5.95 Å². The summed E-state index contributed by atoms with van der Waals surface area (Å²) in [5.74, 6) is 1.87. The Bertz CT molecular complexity index is 918. The fraction of sp³-hybridized carbons (Fsp3) is 0.412. The van der Waals surface area contributed by atoms with Crippen LogP contribution in [0.5, 0.6) is 11.5 Å². The maximum atomic E-state index is 11.9. The van der Waals surface area contributed by atoms with Gasteiger partial charge in [-0.15, -0.1) is 0 Å². The number of rotatable bonds is 5. The van der Waals surface area contributed by atoms with E-state index in [9.17, 15) is 8.42 Å². The Kier molecular flexibility index (Phi) is 5.56. The van der Waals surface area contributed by atoms with Gasteiger partial charge in [0.15, 0.2) is 21.4 Å². The van der Waals surface area contributed by atoms with Crippen LogP contribution in [0.1, 0.15) is 38.2 Å². The van der Waals surface area contributed by atoms with Gasteiger partial charge in [0, 0.05) is 3.57 Å². The molecule has 2 aromatic rings. The maximum Gasteiger partial charge on any atom is 0.225 e. The highest BCUT2D eigenvalue weighted by Crippen LogP contribution is 2.34. The summed E-state index contributed by atoms with van der Waals surface area (Å²) in [6.45, 7) is 4.18. The third kappa shape index (κ3) is 4.20. The number of nitrogen functional groups attached to an aromatic ring is 1. The van der Waals surface area contributed by atoms with Crippen LogP contribution in [0.3, 0.4) is 0 Å². The van der Waals surface area contributed by atoms with Gasteiger partial charge in [-0.2, -0.15) is 4.98 Å². The molecule has 1 aromatic heterocycles. The first kappa shape index (κ1) is 19.2. The molecular weight excluding hydrogens is 467 g/mol. The molecule has 140 valence electrons. The SMILES string of the molecule is CC(C)c1cc(I)ccc1Oc1cnc(NC2CCCS2(=O)=O)nc1N. The molecule has 9 heteroatoms. The third-order valence-electron chi connectivity index (χ3n) is 4.22. The Labute approximate surface area is 166 Å². The summed E-state index contributed by atoms with van der Waals surface area (Å²) in [5.41, 5.74) is 7.07. The number of nitrogens with one attached hydrogen (secondary N) is 1. The van der Waals surface area contributed by atoms with Gasteiger partial charge in [0.1, 0.15) is 11.1 Å². The molecule has 0 spiro atoms. The number of halogens is 1. The number of hydrogen-bond acceptors (Lipinski definition) is 7. The van der Waals surface area contributed by atoms with Gasteiger partial charge in [-0.3, -0.25) is 0 Å². The van der Waals surface area contributed by atoms with E-state index in [1.54, 1.807) is 0 Å². The number of ether oxygens (including phenoxy) is 1. The van der Waals surface area contributed by atoms with E-state index in [0.29, 0.717) is 24.3 Å². The highest BCUT2D eigenvalue weighted by Gasteiger charge is 2.31. The van der Waals surface area contributed by atoms with Gasteiger partial charge < -0.3 is 15.8 Å². The molecule has 7 nitrogen and oxygen atoms in total. The van der Waals surface area contributed by atoms with Crippen molar-refractivity contribution in [1.29, 1.82) is 0 Å². The highest BCUT2D eigenvalue weighted by molar-refractivity contribution is 14.1. The third-order valence-corrected chi connectivity index (χ3v) is 6.96. The molecule has 0 radical (unpaired) electrons. The average molecular weight is 488 g/mol. The van der Waals surface area contributed by atoms with Crippen molar-refractivity contribution in [1.82, 2.24) is 9.97 Å². The topological polar surface area (TPSA) is 107 Å². The number of aromatic nitrogens is 2. The first-order valence-electron chi connectivity index (χ1n) is 8.34. The summed E-state index contributed by atoms with van der Waals surface area (Å²) in [6, 6.07) is 5.92. The van der Waals surface area contributed by atoms with Crippen molar-refractivity contribution in [2.75, 3.05) is 16.8 Å². The van der Waals surface area contributed by atoms with Gasteiger partial charge in [0.25, 0.3) is 0 Å². The van der Waals surface area contributed by atoms with Gasteiger partial charge in [-0.25, -0.2) is 13.4 Å². The van der Waals surface area contributed by atoms with Gasteiger partial charge in [0.05, 0.1) is 11.9 Å². The van der Waals surface area contributed by atoms with E-state index >= 15 is 0 Å². The monoisotopic (exact) mass is 488 g/mol. The predicted molar refractivity (Wildman–Crippen MR) is 110 cm³/mol. The zero-order valence-corrected chi connectivity index (χ0v) is 17.5. The molecule has 1 aromatic carbocycles. The number of sulfone groups is 1. The number of nitrogens with zero attached hydrogens (tertiary/aromatic N) is 2. The smallest absolute Gasteiger partial charge is 0.225 e. The number of nitrogens with two attached hydrogens (primary N) is 1. The van der Waals surface area contributed by atoms with Gasteiger partial charge in [-0.05, 0) is 65.1 Å². The van der Waals surface area contributed by atoms with Crippen LogP contribution < -0.4 is 15.8 Å². The zero-order chi connectivity index (χ0) is 18.9. The fourth-order valence-electron chi connectivity index (χ4n) is 2.81. The molecule has 0 bridgehead atoms. The molecule has 3 rings (SSSR count). The van der Waals surface area contributed by atoms with E-state index in [4.69, 9.17) is 10.5 Å². The number of benzene rings is 1. The van der Waals surface area contributed by atoms with Crippen molar-refractivity contribution in [3.8, 4) is 11.5 Å². The van der Waals surface area contributed by atoms with E-state index in [1.807, 2.05) is 12.1 Å². The second-order valence-electron chi connectivity index (χ2n) is 6.52. The molecule has 0 aliphatic carbocycles. The molecule has 0 saturated carbocycles. The van der Waals surface area contributed by atoms with Crippen LogP contribution in [-0.4, -0.2) is 29.5 Å². The lowest BCUT2D eigenvalue weighted by atomic mass is 10.0. The van der Waals surface area contributed by atoms with E-state index in [1.165, 1.54) is 6.20 Å². The molecule has 0 amide bonds. The van der Waals surface area contributed by atoms with Crippen LogP contribution in [0.25, 0.3) is 0 Å². The summed E-state index contributed by atoms with van der Waals surface area (Å²) in [7, 11) is -3.14. The predicted octanol–water partition coefficient (Wildman–Crippen LogP) is 3.53. The molecule has 3 N–H and O–H groups in total. The van der Waals surface area contributed by atoms with Crippen LogP contribution >= 0.6 is 22.6 Å². The van der Waals surface area contributed by atoms with Crippen molar-refractivity contribution >= 4 is 44.2 Å².